The zero-order chi connectivity index (χ0) is 16.7. The van der Waals surface area contributed by atoms with Gasteiger partial charge in [-0.05, 0) is 30.7 Å². The van der Waals surface area contributed by atoms with Crippen LogP contribution in [0.15, 0.2) is 18.2 Å². The van der Waals surface area contributed by atoms with Gasteiger partial charge >= 0.3 is 5.97 Å². The van der Waals surface area contributed by atoms with Gasteiger partial charge in [-0.3, -0.25) is 4.79 Å². The largest absolute Gasteiger partial charge is 0.464 e. The minimum atomic E-state index is -0.809. The Kier molecular flexibility index (Phi) is 7.65. The third-order valence-corrected chi connectivity index (χ3v) is 3.49. The second-order valence-corrected chi connectivity index (χ2v) is 5.80. The molecule has 0 saturated carbocycles. The van der Waals surface area contributed by atoms with Crippen molar-refractivity contribution in [2.75, 3.05) is 13.2 Å². The summed E-state index contributed by atoms with van der Waals surface area (Å²) in [7, 11) is 0. The summed E-state index contributed by atoms with van der Waals surface area (Å²) in [5.41, 5.74) is 6.20. The van der Waals surface area contributed by atoms with E-state index in [1.165, 1.54) is 0 Å². The molecule has 1 aromatic carbocycles. The number of ether oxygens (including phenoxy) is 1. The van der Waals surface area contributed by atoms with E-state index in [0.717, 1.165) is 5.56 Å². The Morgan fingerprint density at radius 3 is 2.36 bits per heavy atom. The highest BCUT2D eigenvalue weighted by molar-refractivity contribution is 6.34. The summed E-state index contributed by atoms with van der Waals surface area (Å²) in [6, 6.07) is 4.17. The smallest absolute Gasteiger partial charge is 0.328 e. The Morgan fingerprint density at radius 2 is 1.86 bits per heavy atom. The van der Waals surface area contributed by atoms with E-state index in [9.17, 15) is 9.59 Å². The molecule has 0 saturated heterocycles. The molecule has 1 amide bonds. The fourth-order valence-electron chi connectivity index (χ4n) is 1.82. The van der Waals surface area contributed by atoms with Gasteiger partial charge in [0, 0.05) is 28.9 Å². The van der Waals surface area contributed by atoms with E-state index in [4.69, 9.17) is 33.7 Å². The third-order valence-electron chi connectivity index (χ3n) is 3.05. The summed E-state index contributed by atoms with van der Waals surface area (Å²) in [6.45, 7) is 3.82. The van der Waals surface area contributed by atoms with Crippen molar-refractivity contribution in [1.82, 2.24) is 5.32 Å². The summed E-state index contributed by atoms with van der Waals surface area (Å²) in [5.74, 6) is -1.19. The van der Waals surface area contributed by atoms with E-state index in [0.29, 0.717) is 10.0 Å². The number of halogens is 2. The highest BCUT2D eigenvalue weighted by Crippen LogP contribution is 2.20. The number of nitrogens with two attached hydrogens (primary N) is 1. The van der Waals surface area contributed by atoms with E-state index in [1.807, 2.05) is 0 Å². The highest BCUT2D eigenvalue weighted by Gasteiger charge is 2.24. The molecule has 3 N–H and O–H groups in total. The number of benzene rings is 1. The first-order valence-electron chi connectivity index (χ1n) is 6.99. The van der Waals surface area contributed by atoms with Crippen molar-refractivity contribution < 1.29 is 14.3 Å². The number of carbonyl (C=O) groups is 2. The predicted molar refractivity (Wildman–Crippen MR) is 86.9 cm³/mol. The topological polar surface area (TPSA) is 81.4 Å². The normalized spacial score (nSPS) is 13.3. The lowest BCUT2D eigenvalue weighted by Gasteiger charge is -2.19. The van der Waals surface area contributed by atoms with Crippen LogP contribution in [0.1, 0.15) is 19.4 Å². The van der Waals surface area contributed by atoms with Gasteiger partial charge in [0.15, 0.2) is 0 Å². The van der Waals surface area contributed by atoms with Gasteiger partial charge in [-0.2, -0.15) is 0 Å². The Hall–Kier alpha value is -1.30. The Bertz CT molecular complexity index is 517. The first kappa shape index (κ1) is 18.7. The molecule has 122 valence electrons. The number of amides is 1. The van der Waals surface area contributed by atoms with Crippen molar-refractivity contribution in [3.8, 4) is 0 Å². The molecule has 22 heavy (non-hydrogen) atoms. The van der Waals surface area contributed by atoms with Crippen LogP contribution in [0.3, 0.4) is 0 Å². The SMILES string of the molecule is CCOC(=O)C(Cc1cc(Cl)cc(Cl)c1)NC(=O)C(C)CN. The lowest BCUT2D eigenvalue weighted by Crippen LogP contribution is -2.46. The van der Waals surface area contributed by atoms with Crippen LogP contribution in [0.5, 0.6) is 0 Å². The van der Waals surface area contributed by atoms with Crippen molar-refractivity contribution in [2.45, 2.75) is 26.3 Å². The average molecular weight is 347 g/mol. The lowest BCUT2D eigenvalue weighted by atomic mass is 10.0. The molecular formula is C15H20Cl2N2O3. The number of esters is 1. The van der Waals surface area contributed by atoms with Crippen LogP contribution in [0.4, 0.5) is 0 Å². The molecule has 0 aliphatic rings. The molecule has 0 bridgehead atoms. The van der Waals surface area contributed by atoms with Gasteiger partial charge in [-0.15, -0.1) is 0 Å². The first-order valence-corrected chi connectivity index (χ1v) is 7.75. The van der Waals surface area contributed by atoms with Gasteiger partial charge in [0.25, 0.3) is 0 Å². The van der Waals surface area contributed by atoms with Gasteiger partial charge in [0.05, 0.1) is 6.61 Å². The fourth-order valence-corrected chi connectivity index (χ4v) is 2.39. The Morgan fingerprint density at radius 1 is 1.27 bits per heavy atom. The number of hydrogen-bond donors (Lipinski definition) is 2. The molecule has 7 heteroatoms. The number of rotatable bonds is 7. The van der Waals surface area contributed by atoms with Crippen LogP contribution in [-0.4, -0.2) is 31.1 Å². The van der Waals surface area contributed by atoms with Gasteiger partial charge in [-0.25, -0.2) is 4.79 Å². The van der Waals surface area contributed by atoms with E-state index < -0.39 is 12.0 Å². The molecule has 0 heterocycles. The molecule has 0 aliphatic heterocycles. The summed E-state index contributed by atoms with van der Waals surface area (Å²) in [6.07, 6.45) is 0.238. The number of carbonyl (C=O) groups excluding carboxylic acids is 2. The van der Waals surface area contributed by atoms with Crippen LogP contribution in [-0.2, 0) is 20.7 Å². The summed E-state index contributed by atoms with van der Waals surface area (Å²) in [5, 5.41) is 3.59. The Balaban J connectivity index is 2.90. The third kappa shape index (κ3) is 5.83. The summed E-state index contributed by atoms with van der Waals surface area (Å²) in [4.78, 5) is 24.0. The molecule has 2 atom stereocenters. The fraction of sp³-hybridized carbons (Fsp3) is 0.467. The maximum Gasteiger partial charge on any atom is 0.328 e. The number of hydrogen-bond acceptors (Lipinski definition) is 4. The molecule has 0 radical (unpaired) electrons. The van der Waals surface area contributed by atoms with Crippen LogP contribution in [0.25, 0.3) is 0 Å². The van der Waals surface area contributed by atoms with E-state index in [-0.39, 0.29) is 31.4 Å². The monoisotopic (exact) mass is 346 g/mol. The van der Waals surface area contributed by atoms with Crippen LogP contribution in [0, 0.1) is 5.92 Å². The minimum absolute atomic E-state index is 0.199. The maximum atomic E-state index is 12.0. The summed E-state index contributed by atoms with van der Waals surface area (Å²) >= 11 is 11.9. The lowest BCUT2D eigenvalue weighted by molar-refractivity contribution is -0.147. The molecule has 0 aliphatic carbocycles. The molecule has 0 spiro atoms. The van der Waals surface area contributed by atoms with E-state index >= 15 is 0 Å². The maximum absolute atomic E-state index is 12.0. The molecule has 0 fully saturated rings. The van der Waals surface area contributed by atoms with Crippen molar-refractivity contribution in [2.24, 2.45) is 11.7 Å². The zero-order valence-electron chi connectivity index (χ0n) is 12.6. The summed E-state index contributed by atoms with van der Waals surface area (Å²) < 4.78 is 5.00. The highest BCUT2D eigenvalue weighted by atomic mass is 35.5. The van der Waals surface area contributed by atoms with Crippen molar-refractivity contribution in [3.05, 3.63) is 33.8 Å². The first-order chi connectivity index (χ1) is 10.4. The second-order valence-electron chi connectivity index (χ2n) is 4.93. The number of nitrogens with one attached hydrogen (secondary N) is 1. The standard InChI is InChI=1S/C15H20Cl2N2O3/c1-3-22-15(21)13(19-14(20)9(2)8-18)6-10-4-11(16)7-12(17)5-10/h4-5,7,9,13H,3,6,8,18H2,1-2H3,(H,19,20). The van der Waals surface area contributed by atoms with Gasteiger partial charge in [0.1, 0.15) is 6.04 Å². The molecule has 1 rings (SSSR count). The van der Waals surface area contributed by atoms with Gasteiger partial charge in [-0.1, -0.05) is 30.1 Å². The molecular weight excluding hydrogens is 327 g/mol. The van der Waals surface area contributed by atoms with E-state index in [2.05, 4.69) is 5.32 Å². The van der Waals surface area contributed by atoms with Gasteiger partial charge in [0.2, 0.25) is 5.91 Å². The molecule has 1 aromatic rings. The second kappa shape index (κ2) is 8.98. The van der Waals surface area contributed by atoms with Crippen molar-refractivity contribution in [3.63, 3.8) is 0 Å². The molecule has 2 unspecified atom stereocenters. The van der Waals surface area contributed by atoms with Crippen LogP contribution >= 0.6 is 23.2 Å². The van der Waals surface area contributed by atoms with Crippen molar-refractivity contribution in [1.29, 1.82) is 0 Å². The minimum Gasteiger partial charge on any atom is -0.464 e. The quantitative estimate of drug-likeness (QED) is 0.741. The zero-order valence-corrected chi connectivity index (χ0v) is 14.1. The van der Waals surface area contributed by atoms with E-state index in [1.54, 1.807) is 32.0 Å². The average Bonchev–Trinajstić information content (AvgIpc) is 2.44. The molecule has 5 nitrogen and oxygen atoms in total. The van der Waals surface area contributed by atoms with Crippen LogP contribution < -0.4 is 11.1 Å². The Labute approximate surface area is 140 Å². The predicted octanol–water partition coefficient (Wildman–Crippen LogP) is 2.18. The van der Waals surface area contributed by atoms with Gasteiger partial charge < -0.3 is 15.8 Å². The molecule has 0 aromatic heterocycles. The van der Waals surface area contributed by atoms with Crippen LogP contribution in [0.2, 0.25) is 10.0 Å². The van der Waals surface area contributed by atoms with Crippen molar-refractivity contribution >= 4 is 35.1 Å².